The van der Waals surface area contributed by atoms with Crippen molar-refractivity contribution >= 4 is 5.91 Å². The number of H-pyrrole nitrogens is 1. The Balaban J connectivity index is 1.39. The Bertz CT molecular complexity index is 979. The van der Waals surface area contributed by atoms with E-state index in [0.29, 0.717) is 44.7 Å². The van der Waals surface area contributed by atoms with Gasteiger partial charge in [-0.1, -0.05) is 23.4 Å². The molecule has 0 radical (unpaired) electrons. The molecule has 9 heteroatoms. The van der Waals surface area contributed by atoms with Crippen molar-refractivity contribution < 1.29 is 9.18 Å². The molecule has 4 rings (SSSR count). The topological polar surface area (TPSA) is 91.7 Å². The lowest BCUT2D eigenvalue weighted by atomic mass is 9.73. The first kappa shape index (κ1) is 20.2. The van der Waals surface area contributed by atoms with Gasteiger partial charge in [0, 0.05) is 44.6 Å². The molecule has 2 N–H and O–H groups in total. The average Bonchev–Trinajstić information content (AvgIpc) is 3.36. The van der Waals surface area contributed by atoms with Gasteiger partial charge in [0.15, 0.2) is 0 Å². The number of aromatic amines is 1. The van der Waals surface area contributed by atoms with Crippen LogP contribution in [-0.4, -0.2) is 55.4 Å². The molecule has 1 fully saturated rings. The van der Waals surface area contributed by atoms with Gasteiger partial charge in [0.1, 0.15) is 5.82 Å². The standard InChI is InChI=1S/C21H26FN7O/c1-16-19(25-15-24-16)12-28-13-21(14-28,11-17-5-2-3-6-18(17)22)20(30)23-7-4-9-29-10-8-26-27-29/h2-3,5-6,8,10,15H,4,7,9,11-14H2,1H3,(H,23,30)(H,24,25). The van der Waals surface area contributed by atoms with Crippen LogP contribution in [0.2, 0.25) is 0 Å². The molecule has 8 nitrogen and oxygen atoms in total. The zero-order valence-electron chi connectivity index (χ0n) is 17.0. The van der Waals surface area contributed by atoms with Crippen LogP contribution in [0, 0.1) is 18.2 Å². The highest BCUT2D eigenvalue weighted by atomic mass is 19.1. The van der Waals surface area contributed by atoms with Gasteiger partial charge in [0.05, 0.1) is 23.6 Å². The molecule has 1 aliphatic rings. The van der Waals surface area contributed by atoms with Gasteiger partial charge in [-0.15, -0.1) is 5.10 Å². The molecule has 0 unspecified atom stereocenters. The Morgan fingerprint density at radius 3 is 2.87 bits per heavy atom. The van der Waals surface area contributed by atoms with Crippen LogP contribution >= 0.6 is 0 Å². The fourth-order valence-electron chi connectivity index (χ4n) is 4.00. The average molecular weight is 411 g/mol. The summed E-state index contributed by atoms with van der Waals surface area (Å²) in [4.78, 5) is 22.7. The number of hydrogen-bond donors (Lipinski definition) is 2. The summed E-state index contributed by atoms with van der Waals surface area (Å²) in [5.41, 5.74) is 1.94. The second kappa shape index (κ2) is 8.74. The summed E-state index contributed by atoms with van der Waals surface area (Å²) in [6.07, 6.45) is 6.24. The molecular weight excluding hydrogens is 385 g/mol. The summed E-state index contributed by atoms with van der Waals surface area (Å²) >= 11 is 0. The lowest BCUT2D eigenvalue weighted by Crippen LogP contribution is -2.64. The number of carbonyl (C=O) groups is 1. The van der Waals surface area contributed by atoms with Gasteiger partial charge in [-0.05, 0) is 31.4 Å². The van der Waals surface area contributed by atoms with E-state index >= 15 is 0 Å². The minimum Gasteiger partial charge on any atom is -0.355 e. The van der Waals surface area contributed by atoms with E-state index in [0.717, 1.165) is 17.8 Å². The lowest BCUT2D eigenvalue weighted by molar-refractivity contribution is -0.142. The second-order valence-corrected chi connectivity index (χ2v) is 7.94. The maximum absolute atomic E-state index is 14.3. The van der Waals surface area contributed by atoms with Gasteiger partial charge in [-0.2, -0.15) is 0 Å². The molecule has 1 aromatic carbocycles. The van der Waals surface area contributed by atoms with E-state index in [9.17, 15) is 9.18 Å². The van der Waals surface area contributed by atoms with Crippen molar-refractivity contribution in [1.82, 2.24) is 35.2 Å². The first-order valence-electron chi connectivity index (χ1n) is 10.1. The maximum atomic E-state index is 14.3. The number of likely N-dealkylation sites (tertiary alicyclic amines) is 1. The normalized spacial score (nSPS) is 15.7. The molecule has 158 valence electrons. The number of nitrogens with one attached hydrogen (secondary N) is 2. The number of aryl methyl sites for hydroxylation is 2. The minimum absolute atomic E-state index is 0.0284. The van der Waals surface area contributed by atoms with Crippen molar-refractivity contribution in [3.63, 3.8) is 0 Å². The highest BCUT2D eigenvalue weighted by molar-refractivity contribution is 5.84. The number of hydrogen-bond acceptors (Lipinski definition) is 5. The molecular formula is C21H26FN7O. The smallest absolute Gasteiger partial charge is 0.229 e. The summed E-state index contributed by atoms with van der Waals surface area (Å²) in [5.74, 6) is -0.295. The second-order valence-electron chi connectivity index (χ2n) is 7.94. The predicted octanol–water partition coefficient (Wildman–Crippen LogP) is 1.70. The quantitative estimate of drug-likeness (QED) is 0.523. The van der Waals surface area contributed by atoms with Crippen LogP contribution in [0.3, 0.4) is 0 Å². The van der Waals surface area contributed by atoms with E-state index in [-0.39, 0.29) is 11.7 Å². The van der Waals surface area contributed by atoms with Gasteiger partial charge >= 0.3 is 0 Å². The Hall–Kier alpha value is -3.07. The zero-order valence-corrected chi connectivity index (χ0v) is 17.0. The van der Waals surface area contributed by atoms with Gasteiger partial charge in [0.25, 0.3) is 0 Å². The first-order valence-corrected chi connectivity index (χ1v) is 10.1. The van der Waals surface area contributed by atoms with Gasteiger partial charge in [0.2, 0.25) is 5.91 Å². The van der Waals surface area contributed by atoms with Crippen molar-refractivity contribution in [3.8, 4) is 0 Å². The summed E-state index contributed by atoms with van der Waals surface area (Å²) in [5, 5.41) is 10.7. The van der Waals surface area contributed by atoms with E-state index in [4.69, 9.17) is 0 Å². The third-order valence-electron chi connectivity index (χ3n) is 5.65. The van der Waals surface area contributed by atoms with Gasteiger partial charge in [-0.3, -0.25) is 14.4 Å². The summed E-state index contributed by atoms with van der Waals surface area (Å²) in [6.45, 7) is 5.02. The third-order valence-corrected chi connectivity index (χ3v) is 5.65. The molecule has 1 aliphatic heterocycles. The van der Waals surface area contributed by atoms with Crippen molar-refractivity contribution in [2.75, 3.05) is 19.6 Å². The Labute approximate surface area is 174 Å². The van der Waals surface area contributed by atoms with Crippen molar-refractivity contribution in [3.05, 3.63) is 65.8 Å². The fraction of sp³-hybridized carbons (Fsp3) is 0.429. The number of benzene rings is 1. The number of amides is 1. The number of carbonyl (C=O) groups excluding carboxylic acids is 1. The third kappa shape index (κ3) is 4.40. The predicted molar refractivity (Wildman–Crippen MR) is 109 cm³/mol. The number of nitrogens with zero attached hydrogens (tertiary/aromatic N) is 5. The van der Waals surface area contributed by atoms with Gasteiger partial charge in [-0.25, -0.2) is 9.37 Å². The van der Waals surface area contributed by atoms with Crippen LogP contribution in [-0.2, 0) is 24.3 Å². The van der Waals surface area contributed by atoms with Gasteiger partial charge < -0.3 is 10.3 Å². The summed E-state index contributed by atoms with van der Waals surface area (Å²) in [6, 6.07) is 6.69. The van der Waals surface area contributed by atoms with Crippen LogP contribution in [0.5, 0.6) is 0 Å². The number of rotatable bonds is 9. The summed E-state index contributed by atoms with van der Waals surface area (Å²) < 4.78 is 16.0. The van der Waals surface area contributed by atoms with E-state index in [1.165, 1.54) is 6.07 Å². The van der Waals surface area contributed by atoms with E-state index in [2.05, 4.69) is 30.5 Å². The largest absolute Gasteiger partial charge is 0.355 e. The Kier molecular flexibility index (Phi) is 5.89. The van der Waals surface area contributed by atoms with Crippen LogP contribution in [0.15, 0.2) is 43.0 Å². The van der Waals surface area contributed by atoms with Crippen molar-refractivity contribution in [1.29, 1.82) is 0 Å². The summed E-state index contributed by atoms with van der Waals surface area (Å²) in [7, 11) is 0. The van der Waals surface area contributed by atoms with Crippen LogP contribution in [0.1, 0.15) is 23.4 Å². The monoisotopic (exact) mass is 411 g/mol. The van der Waals surface area contributed by atoms with Crippen LogP contribution in [0.25, 0.3) is 0 Å². The zero-order chi connectivity index (χ0) is 21.0. The molecule has 2 aromatic heterocycles. The molecule has 0 aliphatic carbocycles. The molecule has 0 bridgehead atoms. The number of imidazole rings is 1. The fourth-order valence-corrected chi connectivity index (χ4v) is 4.00. The van der Waals surface area contributed by atoms with E-state index in [1.54, 1.807) is 35.5 Å². The molecule has 1 saturated heterocycles. The van der Waals surface area contributed by atoms with Crippen LogP contribution < -0.4 is 5.32 Å². The van der Waals surface area contributed by atoms with Crippen molar-refractivity contribution in [2.45, 2.75) is 32.9 Å². The number of halogens is 1. The molecule has 3 aromatic rings. The Morgan fingerprint density at radius 2 is 2.17 bits per heavy atom. The van der Waals surface area contributed by atoms with E-state index < -0.39 is 5.41 Å². The first-order chi connectivity index (χ1) is 14.6. The molecule has 30 heavy (non-hydrogen) atoms. The SMILES string of the molecule is Cc1[nH]cnc1CN1CC(Cc2ccccc2F)(C(=O)NCCCn2ccnn2)C1. The lowest BCUT2D eigenvalue weighted by Gasteiger charge is -2.49. The molecule has 0 saturated carbocycles. The number of aromatic nitrogens is 5. The molecule has 0 spiro atoms. The minimum atomic E-state index is -0.639. The van der Waals surface area contributed by atoms with Crippen molar-refractivity contribution in [2.24, 2.45) is 5.41 Å². The molecule has 1 amide bonds. The molecule has 0 atom stereocenters. The van der Waals surface area contributed by atoms with Crippen LogP contribution in [0.4, 0.5) is 4.39 Å². The van der Waals surface area contributed by atoms with E-state index in [1.807, 2.05) is 13.0 Å². The highest BCUT2D eigenvalue weighted by Gasteiger charge is 2.49. The highest BCUT2D eigenvalue weighted by Crippen LogP contribution is 2.36. The maximum Gasteiger partial charge on any atom is 0.229 e. The Morgan fingerprint density at radius 1 is 1.33 bits per heavy atom. The molecule has 3 heterocycles.